The third kappa shape index (κ3) is 7.37. The number of rotatable bonds is 9. The molecule has 0 aromatic heterocycles. The number of aryl methyl sites for hydroxylation is 1. The predicted molar refractivity (Wildman–Crippen MR) is 102 cm³/mol. The molecule has 2 N–H and O–H groups in total. The molecule has 0 unspecified atom stereocenters. The van der Waals surface area contributed by atoms with Crippen LogP contribution in [0.1, 0.15) is 35.7 Å². The number of nitrogens with zero attached hydrogens (tertiary/aromatic N) is 2. The first-order valence-corrected chi connectivity index (χ1v) is 8.64. The molecule has 1 aromatic carbocycles. The van der Waals surface area contributed by atoms with E-state index in [0.29, 0.717) is 24.2 Å². The Hall–Kier alpha value is -2.37. The average molecular weight is 348 g/mol. The van der Waals surface area contributed by atoms with E-state index in [-0.39, 0.29) is 11.7 Å². The monoisotopic (exact) mass is 348 g/mol. The summed E-state index contributed by atoms with van der Waals surface area (Å²) in [6, 6.07) is 4.48. The number of halogens is 1. The van der Waals surface area contributed by atoms with Crippen molar-refractivity contribution in [1.82, 2.24) is 15.5 Å². The van der Waals surface area contributed by atoms with Crippen molar-refractivity contribution < 1.29 is 9.18 Å². The van der Waals surface area contributed by atoms with E-state index >= 15 is 0 Å². The van der Waals surface area contributed by atoms with E-state index in [1.54, 1.807) is 19.1 Å². The summed E-state index contributed by atoms with van der Waals surface area (Å²) >= 11 is 0. The van der Waals surface area contributed by atoms with Crippen molar-refractivity contribution in [2.75, 3.05) is 33.2 Å². The summed E-state index contributed by atoms with van der Waals surface area (Å²) in [6.07, 6.45) is 3.88. The van der Waals surface area contributed by atoms with Gasteiger partial charge in [-0.1, -0.05) is 12.1 Å². The number of allylic oxidation sites excluding steroid dienone is 1. The maximum Gasteiger partial charge on any atom is 0.251 e. The van der Waals surface area contributed by atoms with Crippen LogP contribution >= 0.6 is 0 Å². The summed E-state index contributed by atoms with van der Waals surface area (Å²) in [4.78, 5) is 18.6. The molecular weight excluding hydrogens is 319 g/mol. The molecule has 5 nitrogen and oxygen atoms in total. The first kappa shape index (κ1) is 20.7. The molecule has 0 radical (unpaired) electrons. The number of benzene rings is 1. The van der Waals surface area contributed by atoms with Gasteiger partial charge in [0.2, 0.25) is 0 Å². The van der Waals surface area contributed by atoms with Crippen molar-refractivity contribution in [3.63, 3.8) is 0 Å². The molecule has 1 amide bonds. The van der Waals surface area contributed by atoms with Gasteiger partial charge in [0.15, 0.2) is 5.96 Å². The van der Waals surface area contributed by atoms with Gasteiger partial charge in [-0.2, -0.15) is 0 Å². The molecule has 25 heavy (non-hydrogen) atoms. The third-order valence-corrected chi connectivity index (χ3v) is 3.69. The number of unbranched alkanes of at least 4 members (excludes halogenated alkanes) is 1. The molecule has 0 aliphatic heterocycles. The Morgan fingerprint density at radius 3 is 2.80 bits per heavy atom. The quantitative estimate of drug-likeness (QED) is 0.312. The maximum absolute atomic E-state index is 13.5. The Morgan fingerprint density at radius 2 is 2.16 bits per heavy atom. The van der Waals surface area contributed by atoms with Crippen molar-refractivity contribution in [1.29, 1.82) is 0 Å². The molecule has 0 bridgehead atoms. The van der Waals surface area contributed by atoms with Crippen molar-refractivity contribution in [2.24, 2.45) is 4.99 Å². The van der Waals surface area contributed by atoms with Crippen LogP contribution in [-0.4, -0.2) is 50.0 Å². The third-order valence-electron chi connectivity index (χ3n) is 3.69. The van der Waals surface area contributed by atoms with E-state index in [1.165, 1.54) is 6.07 Å². The molecule has 0 atom stereocenters. The van der Waals surface area contributed by atoms with Crippen LogP contribution in [0.2, 0.25) is 0 Å². The van der Waals surface area contributed by atoms with Crippen LogP contribution in [0.5, 0.6) is 0 Å². The summed E-state index contributed by atoms with van der Waals surface area (Å²) in [5, 5.41) is 5.99. The standard InChI is InChI=1S/C19H29FN4O/c1-5-7-8-13-24(4)19(21-6-2)23-12-11-22-18(25)16-10-9-15(3)17(20)14-16/h5,9-10,14H,1,6-8,11-13H2,2-4H3,(H,21,23)(H,22,25). The van der Waals surface area contributed by atoms with Crippen LogP contribution in [0, 0.1) is 12.7 Å². The van der Waals surface area contributed by atoms with E-state index < -0.39 is 0 Å². The Labute approximate surface area is 150 Å². The minimum atomic E-state index is -0.374. The summed E-state index contributed by atoms with van der Waals surface area (Å²) in [7, 11) is 1.98. The Morgan fingerprint density at radius 1 is 1.40 bits per heavy atom. The molecule has 1 aromatic rings. The fourth-order valence-electron chi connectivity index (χ4n) is 2.22. The van der Waals surface area contributed by atoms with Gasteiger partial charge in [0.05, 0.1) is 6.54 Å². The maximum atomic E-state index is 13.5. The van der Waals surface area contributed by atoms with Gasteiger partial charge in [0.1, 0.15) is 5.82 Å². The fraction of sp³-hybridized carbons (Fsp3) is 0.474. The number of guanidine groups is 1. The summed E-state index contributed by atoms with van der Waals surface area (Å²) in [6.45, 7) is 9.91. The summed E-state index contributed by atoms with van der Waals surface area (Å²) < 4.78 is 13.5. The van der Waals surface area contributed by atoms with Crippen LogP contribution in [0.3, 0.4) is 0 Å². The largest absolute Gasteiger partial charge is 0.357 e. The minimum absolute atomic E-state index is 0.293. The lowest BCUT2D eigenvalue weighted by Gasteiger charge is -2.21. The van der Waals surface area contributed by atoms with Crippen molar-refractivity contribution in [3.8, 4) is 0 Å². The van der Waals surface area contributed by atoms with E-state index in [9.17, 15) is 9.18 Å². The molecule has 0 aliphatic carbocycles. The minimum Gasteiger partial charge on any atom is -0.357 e. The van der Waals surface area contributed by atoms with Crippen molar-refractivity contribution >= 4 is 11.9 Å². The summed E-state index contributed by atoms with van der Waals surface area (Å²) in [5.41, 5.74) is 0.844. The van der Waals surface area contributed by atoms with Gasteiger partial charge in [0, 0.05) is 32.2 Å². The number of carbonyl (C=O) groups excluding carboxylic acids is 1. The Bertz CT molecular complexity index is 601. The van der Waals surface area contributed by atoms with Crippen LogP contribution in [0.4, 0.5) is 4.39 Å². The number of aliphatic imine (C=N–C) groups is 1. The second-order valence-electron chi connectivity index (χ2n) is 5.81. The van der Waals surface area contributed by atoms with E-state index in [0.717, 1.165) is 31.9 Å². The van der Waals surface area contributed by atoms with Crippen LogP contribution < -0.4 is 10.6 Å². The number of nitrogens with one attached hydrogen (secondary N) is 2. The Kier molecular flexibility index (Phi) is 9.29. The highest BCUT2D eigenvalue weighted by molar-refractivity contribution is 5.94. The molecule has 0 spiro atoms. The van der Waals surface area contributed by atoms with E-state index in [2.05, 4.69) is 27.1 Å². The van der Waals surface area contributed by atoms with E-state index in [1.807, 2.05) is 20.0 Å². The van der Waals surface area contributed by atoms with Gasteiger partial charge < -0.3 is 15.5 Å². The average Bonchev–Trinajstić information content (AvgIpc) is 2.59. The molecule has 0 saturated heterocycles. The normalized spacial score (nSPS) is 11.1. The molecule has 0 fully saturated rings. The van der Waals surface area contributed by atoms with Crippen LogP contribution in [0.25, 0.3) is 0 Å². The smallest absolute Gasteiger partial charge is 0.251 e. The molecule has 0 heterocycles. The van der Waals surface area contributed by atoms with Gasteiger partial charge in [-0.25, -0.2) is 4.39 Å². The number of amides is 1. The topological polar surface area (TPSA) is 56.7 Å². The molecule has 6 heteroatoms. The summed E-state index contributed by atoms with van der Waals surface area (Å²) in [5.74, 6) is 0.141. The van der Waals surface area contributed by atoms with Crippen LogP contribution in [-0.2, 0) is 0 Å². The first-order chi connectivity index (χ1) is 12.0. The lowest BCUT2D eigenvalue weighted by Crippen LogP contribution is -2.40. The lowest BCUT2D eigenvalue weighted by atomic mass is 10.1. The van der Waals surface area contributed by atoms with Gasteiger partial charge >= 0.3 is 0 Å². The molecular formula is C19H29FN4O. The van der Waals surface area contributed by atoms with Gasteiger partial charge in [-0.15, -0.1) is 6.58 Å². The van der Waals surface area contributed by atoms with Gasteiger partial charge in [-0.05, 0) is 44.4 Å². The van der Waals surface area contributed by atoms with Crippen molar-refractivity contribution in [3.05, 3.63) is 47.8 Å². The highest BCUT2D eigenvalue weighted by Crippen LogP contribution is 2.08. The van der Waals surface area contributed by atoms with Gasteiger partial charge in [-0.3, -0.25) is 9.79 Å². The molecule has 0 aliphatic rings. The second-order valence-corrected chi connectivity index (χ2v) is 5.81. The number of hydrogen-bond acceptors (Lipinski definition) is 2. The molecule has 0 saturated carbocycles. The fourth-order valence-corrected chi connectivity index (χ4v) is 2.22. The number of hydrogen-bond donors (Lipinski definition) is 2. The predicted octanol–water partition coefficient (Wildman–Crippen LogP) is 2.73. The second kappa shape index (κ2) is 11.2. The van der Waals surface area contributed by atoms with Gasteiger partial charge in [0.25, 0.3) is 5.91 Å². The SMILES string of the molecule is C=CCCCN(C)C(=NCCNC(=O)c1ccc(C)c(F)c1)NCC. The number of carbonyl (C=O) groups is 1. The zero-order valence-corrected chi connectivity index (χ0v) is 15.4. The zero-order valence-electron chi connectivity index (χ0n) is 15.4. The van der Waals surface area contributed by atoms with Crippen molar-refractivity contribution in [2.45, 2.75) is 26.7 Å². The zero-order chi connectivity index (χ0) is 18.7. The first-order valence-electron chi connectivity index (χ1n) is 8.64. The molecule has 1 rings (SSSR count). The molecule has 138 valence electrons. The van der Waals surface area contributed by atoms with Crippen LogP contribution in [0.15, 0.2) is 35.8 Å². The Balaban J connectivity index is 2.50. The lowest BCUT2D eigenvalue weighted by molar-refractivity contribution is 0.0954. The van der Waals surface area contributed by atoms with E-state index in [4.69, 9.17) is 0 Å². The highest BCUT2D eigenvalue weighted by atomic mass is 19.1. The highest BCUT2D eigenvalue weighted by Gasteiger charge is 2.08.